The molecule has 1 amide bonds. The molecule has 1 aromatic heterocycles. The Bertz CT molecular complexity index is 470. The molecule has 1 fully saturated rings. The molecule has 0 aliphatic heterocycles. The van der Waals surface area contributed by atoms with Gasteiger partial charge in [-0.1, -0.05) is 19.3 Å². The summed E-state index contributed by atoms with van der Waals surface area (Å²) in [7, 11) is 1.79. The van der Waals surface area contributed by atoms with Crippen LogP contribution in [0.3, 0.4) is 0 Å². The topological polar surface area (TPSA) is 51.1 Å². The number of hydrogen-bond donors (Lipinski definition) is 1. The van der Waals surface area contributed by atoms with Crippen molar-refractivity contribution in [1.82, 2.24) is 9.88 Å². The van der Waals surface area contributed by atoms with Crippen molar-refractivity contribution in [2.24, 2.45) is 13.0 Å². The van der Waals surface area contributed by atoms with Gasteiger partial charge in [-0.2, -0.15) is 0 Å². The summed E-state index contributed by atoms with van der Waals surface area (Å²) in [4.78, 5) is 23.4. The maximum atomic E-state index is 12.1. The van der Waals surface area contributed by atoms with Crippen LogP contribution in [0.1, 0.15) is 59.9 Å². The lowest BCUT2D eigenvalue weighted by Crippen LogP contribution is -2.31. The molecule has 104 valence electrons. The maximum absolute atomic E-state index is 12.1. The predicted octanol–water partition coefficient (Wildman–Crippen LogP) is 2.54. The van der Waals surface area contributed by atoms with Crippen LogP contribution in [0.5, 0.6) is 0 Å². The largest absolute Gasteiger partial charge is 0.350 e. The Kier molecular flexibility index (Phi) is 4.40. The van der Waals surface area contributed by atoms with Gasteiger partial charge in [-0.25, -0.2) is 0 Å². The molecule has 1 N–H and O–H groups in total. The van der Waals surface area contributed by atoms with Crippen LogP contribution >= 0.6 is 0 Å². The molecule has 0 bridgehead atoms. The minimum atomic E-state index is -0.0828. The summed E-state index contributed by atoms with van der Waals surface area (Å²) in [6, 6.07) is 1.67. The number of Topliss-reactive ketones (excluding diaryl/α,β-unsaturated/α-hetero) is 1. The third-order valence-corrected chi connectivity index (χ3v) is 3.92. The highest BCUT2D eigenvalue weighted by Gasteiger charge is 2.17. The summed E-state index contributed by atoms with van der Waals surface area (Å²) < 4.78 is 1.72. The van der Waals surface area contributed by atoms with Crippen molar-refractivity contribution in [3.05, 3.63) is 23.5 Å². The second kappa shape index (κ2) is 6.04. The van der Waals surface area contributed by atoms with Crippen molar-refractivity contribution in [3.8, 4) is 0 Å². The van der Waals surface area contributed by atoms with Crippen LogP contribution < -0.4 is 5.32 Å². The molecule has 0 aromatic carbocycles. The standard InChI is InChI=1S/C15H22N2O2/c1-11(18)13-8-14(17(2)10-13)15(19)16-9-12-6-4-3-5-7-12/h8,10,12H,3-7,9H2,1-2H3,(H,16,19). The number of ketones is 1. The summed E-state index contributed by atoms with van der Waals surface area (Å²) in [6.07, 6.45) is 8.01. The van der Waals surface area contributed by atoms with Crippen LogP contribution in [0, 0.1) is 5.92 Å². The van der Waals surface area contributed by atoms with Crippen molar-refractivity contribution < 1.29 is 9.59 Å². The average molecular weight is 262 g/mol. The van der Waals surface area contributed by atoms with Gasteiger partial charge in [0.25, 0.3) is 5.91 Å². The van der Waals surface area contributed by atoms with Crippen molar-refractivity contribution >= 4 is 11.7 Å². The van der Waals surface area contributed by atoms with E-state index in [9.17, 15) is 9.59 Å². The van der Waals surface area contributed by atoms with E-state index in [0.29, 0.717) is 17.2 Å². The second-order valence-corrected chi connectivity index (χ2v) is 5.50. The van der Waals surface area contributed by atoms with E-state index in [2.05, 4.69) is 5.32 Å². The maximum Gasteiger partial charge on any atom is 0.267 e. The van der Waals surface area contributed by atoms with E-state index in [1.165, 1.54) is 39.0 Å². The lowest BCUT2D eigenvalue weighted by molar-refractivity contribution is 0.0935. The minimum absolute atomic E-state index is 0.0121. The Hall–Kier alpha value is -1.58. The summed E-state index contributed by atoms with van der Waals surface area (Å²) in [5, 5.41) is 2.99. The predicted molar refractivity (Wildman–Crippen MR) is 74.3 cm³/mol. The van der Waals surface area contributed by atoms with Gasteiger partial charge in [-0.05, 0) is 31.7 Å². The zero-order valence-electron chi connectivity index (χ0n) is 11.7. The third-order valence-electron chi connectivity index (χ3n) is 3.92. The van der Waals surface area contributed by atoms with E-state index in [1.807, 2.05) is 0 Å². The summed E-state index contributed by atoms with van der Waals surface area (Å²) in [6.45, 7) is 2.26. The molecule has 0 saturated heterocycles. The first-order valence-electron chi connectivity index (χ1n) is 7.03. The average Bonchev–Trinajstić information content (AvgIpc) is 2.80. The fourth-order valence-electron chi connectivity index (χ4n) is 2.70. The van der Waals surface area contributed by atoms with Crippen LogP contribution in [-0.2, 0) is 7.05 Å². The number of amides is 1. The van der Waals surface area contributed by atoms with Crippen molar-refractivity contribution in [2.75, 3.05) is 6.54 Å². The highest BCUT2D eigenvalue weighted by molar-refractivity contribution is 5.99. The summed E-state index contributed by atoms with van der Waals surface area (Å²) in [5.74, 6) is 0.521. The lowest BCUT2D eigenvalue weighted by atomic mass is 9.89. The molecule has 0 unspecified atom stereocenters. The van der Waals surface area contributed by atoms with Gasteiger partial charge in [-0.3, -0.25) is 9.59 Å². The normalized spacial score (nSPS) is 16.3. The van der Waals surface area contributed by atoms with Gasteiger partial charge in [0.15, 0.2) is 5.78 Å². The number of hydrogen-bond acceptors (Lipinski definition) is 2. The number of carbonyl (C=O) groups excluding carboxylic acids is 2. The number of nitrogens with zero attached hydrogens (tertiary/aromatic N) is 1. The summed E-state index contributed by atoms with van der Waals surface area (Å²) in [5.41, 5.74) is 1.14. The molecule has 1 aliphatic rings. The molecule has 1 saturated carbocycles. The fourth-order valence-corrected chi connectivity index (χ4v) is 2.70. The Morgan fingerprint density at radius 1 is 1.32 bits per heavy atom. The van der Waals surface area contributed by atoms with Crippen LogP contribution in [0.15, 0.2) is 12.3 Å². The zero-order valence-corrected chi connectivity index (χ0v) is 11.7. The first-order chi connectivity index (χ1) is 9.08. The highest BCUT2D eigenvalue weighted by atomic mass is 16.2. The number of nitrogens with one attached hydrogen (secondary N) is 1. The third kappa shape index (κ3) is 3.46. The highest BCUT2D eigenvalue weighted by Crippen LogP contribution is 2.22. The Balaban J connectivity index is 1.93. The van der Waals surface area contributed by atoms with Gasteiger partial charge >= 0.3 is 0 Å². The SMILES string of the molecule is CC(=O)c1cc(C(=O)NCC2CCCCC2)n(C)c1. The second-order valence-electron chi connectivity index (χ2n) is 5.50. The Labute approximate surface area is 114 Å². The molecule has 0 radical (unpaired) electrons. The van der Waals surface area contributed by atoms with Crippen LogP contribution in [0.25, 0.3) is 0 Å². The molecule has 2 rings (SSSR count). The quantitative estimate of drug-likeness (QED) is 0.848. The van der Waals surface area contributed by atoms with Gasteiger partial charge in [0.05, 0.1) is 0 Å². The van der Waals surface area contributed by atoms with Gasteiger partial charge in [-0.15, -0.1) is 0 Å². The number of aromatic nitrogens is 1. The van der Waals surface area contributed by atoms with E-state index >= 15 is 0 Å². The number of rotatable bonds is 4. The van der Waals surface area contributed by atoms with Crippen molar-refractivity contribution in [3.63, 3.8) is 0 Å². The van der Waals surface area contributed by atoms with Gasteiger partial charge in [0.1, 0.15) is 5.69 Å². The van der Waals surface area contributed by atoms with E-state index in [-0.39, 0.29) is 11.7 Å². The first-order valence-corrected chi connectivity index (χ1v) is 7.03. The van der Waals surface area contributed by atoms with E-state index in [0.717, 1.165) is 6.54 Å². The molecule has 4 heteroatoms. The monoisotopic (exact) mass is 262 g/mol. The molecule has 0 atom stereocenters. The smallest absolute Gasteiger partial charge is 0.267 e. The van der Waals surface area contributed by atoms with Crippen LogP contribution in [0.2, 0.25) is 0 Å². The minimum Gasteiger partial charge on any atom is -0.350 e. The molecule has 1 heterocycles. The van der Waals surface area contributed by atoms with Crippen LogP contribution in [0.4, 0.5) is 0 Å². The number of aryl methyl sites for hydroxylation is 1. The summed E-state index contributed by atoms with van der Waals surface area (Å²) >= 11 is 0. The molecule has 4 nitrogen and oxygen atoms in total. The zero-order chi connectivity index (χ0) is 13.8. The Morgan fingerprint density at radius 3 is 2.58 bits per heavy atom. The van der Waals surface area contributed by atoms with Gasteiger partial charge < -0.3 is 9.88 Å². The number of carbonyl (C=O) groups is 2. The van der Waals surface area contributed by atoms with E-state index in [4.69, 9.17) is 0 Å². The molecule has 1 aliphatic carbocycles. The van der Waals surface area contributed by atoms with E-state index < -0.39 is 0 Å². The molecule has 19 heavy (non-hydrogen) atoms. The van der Waals surface area contributed by atoms with Gasteiger partial charge in [0, 0.05) is 25.4 Å². The lowest BCUT2D eigenvalue weighted by Gasteiger charge is -2.21. The van der Waals surface area contributed by atoms with Crippen molar-refractivity contribution in [2.45, 2.75) is 39.0 Å². The Morgan fingerprint density at radius 2 is 2.00 bits per heavy atom. The van der Waals surface area contributed by atoms with E-state index in [1.54, 1.807) is 23.9 Å². The van der Waals surface area contributed by atoms with Gasteiger partial charge in [0.2, 0.25) is 0 Å². The molecule has 0 spiro atoms. The molecule has 1 aromatic rings. The molecular weight excluding hydrogens is 240 g/mol. The van der Waals surface area contributed by atoms with Crippen molar-refractivity contribution in [1.29, 1.82) is 0 Å². The molecular formula is C15H22N2O2. The fraction of sp³-hybridized carbons (Fsp3) is 0.600. The van der Waals surface area contributed by atoms with Crippen LogP contribution in [-0.4, -0.2) is 22.8 Å². The first kappa shape index (κ1) is 13.8.